The summed E-state index contributed by atoms with van der Waals surface area (Å²) in [7, 11) is 0. The summed E-state index contributed by atoms with van der Waals surface area (Å²) in [4.78, 5) is 22.3. The molecular formula is C28H30F2N8. The lowest BCUT2D eigenvalue weighted by Gasteiger charge is -2.37. The van der Waals surface area contributed by atoms with Crippen LogP contribution in [0.15, 0.2) is 42.9 Å². The first-order valence-electron chi connectivity index (χ1n) is 13.1. The van der Waals surface area contributed by atoms with Crippen molar-refractivity contribution < 1.29 is 8.78 Å². The van der Waals surface area contributed by atoms with Crippen molar-refractivity contribution in [3.05, 3.63) is 60.2 Å². The van der Waals surface area contributed by atoms with E-state index in [0.29, 0.717) is 23.1 Å². The second kappa shape index (κ2) is 9.83. The molecule has 0 bridgehead atoms. The van der Waals surface area contributed by atoms with Gasteiger partial charge in [0.1, 0.15) is 11.6 Å². The van der Waals surface area contributed by atoms with Gasteiger partial charge in [-0.05, 0) is 81.8 Å². The summed E-state index contributed by atoms with van der Waals surface area (Å²) in [6, 6.07) is 5.75. The first-order chi connectivity index (χ1) is 18.3. The zero-order valence-corrected chi connectivity index (χ0v) is 21.4. The number of halogens is 2. The second-order valence-electron chi connectivity index (χ2n) is 10.8. The molecular weight excluding hydrogens is 486 g/mol. The maximum absolute atomic E-state index is 14.2. The fourth-order valence-corrected chi connectivity index (χ4v) is 5.33. The van der Waals surface area contributed by atoms with Gasteiger partial charge in [0.05, 0.1) is 11.7 Å². The molecule has 1 saturated carbocycles. The van der Waals surface area contributed by atoms with E-state index >= 15 is 0 Å². The molecule has 0 amide bonds. The van der Waals surface area contributed by atoms with Crippen molar-refractivity contribution in [2.45, 2.75) is 63.5 Å². The summed E-state index contributed by atoms with van der Waals surface area (Å²) in [6.45, 7) is 5.37. The minimum absolute atomic E-state index is 0.0336. The highest BCUT2D eigenvalue weighted by Crippen LogP contribution is 2.41. The lowest BCUT2D eigenvalue weighted by Crippen LogP contribution is -2.50. The number of rotatable bonds is 6. The Morgan fingerprint density at radius 3 is 2.66 bits per heavy atom. The van der Waals surface area contributed by atoms with Crippen LogP contribution >= 0.6 is 0 Å². The number of hydrogen-bond acceptors (Lipinski definition) is 8. The molecule has 2 aliphatic rings. The Bertz CT molecular complexity index is 1490. The van der Waals surface area contributed by atoms with E-state index in [9.17, 15) is 8.78 Å². The van der Waals surface area contributed by atoms with Gasteiger partial charge in [-0.1, -0.05) is 6.42 Å². The van der Waals surface area contributed by atoms with Gasteiger partial charge < -0.3 is 16.0 Å². The molecule has 8 nitrogen and oxygen atoms in total. The molecule has 2 fully saturated rings. The third kappa shape index (κ3) is 5.00. The topological polar surface area (TPSA) is 101 Å². The lowest BCUT2D eigenvalue weighted by atomic mass is 9.79. The number of aromatic nitrogens is 5. The Morgan fingerprint density at radius 1 is 1.00 bits per heavy atom. The molecule has 5 heterocycles. The average Bonchev–Trinajstić information content (AvgIpc) is 2.85. The van der Waals surface area contributed by atoms with Crippen LogP contribution < -0.4 is 16.0 Å². The number of pyridine rings is 3. The number of nitrogens with zero attached hydrogens (tertiary/aromatic N) is 5. The smallest absolute Gasteiger partial charge is 0.214 e. The molecule has 4 aromatic heterocycles. The van der Waals surface area contributed by atoms with Gasteiger partial charge in [0.2, 0.25) is 5.95 Å². The van der Waals surface area contributed by atoms with E-state index in [1.165, 1.54) is 12.0 Å². The van der Waals surface area contributed by atoms with E-state index < -0.39 is 11.8 Å². The van der Waals surface area contributed by atoms with Crippen molar-refractivity contribution >= 4 is 28.4 Å². The number of anilines is 3. The fourth-order valence-electron chi connectivity index (χ4n) is 5.33. The average molecular weight is 517 g/mol. The highest BCUT2D eigenvalue weighted by atomic mass is 19.1. The summed E-state index contributed by atoms with van der Waals surface area (Å²) >= 11 is 0. The highest BCUT2D eigenvalue weighted by molar-refractivity contribution is 5.93. The molecule has 1 unspecified atom stereocenters. The Morgan fingerprint density at radius 2 is 1.87 bits per heavy atom. The molecule has 38 heavy (non-hydrogen) atoms. The highest BCUT2D eigenvalue weighted by Gasteiger charge is 2.29. The molecule has 6 rings (SSSR count). The summed E-state index contributed by atoms with van der Waals surface area (Å²) in [5.41, 5.74) is 2.69. The predicted molar refractivity (Wildman–Crippen MR) is 143 cm³/mol. The van der Waals surface area contributed by atoms with Crippen molar-refractivity contribution in [3.8, 4) is 11.4 Å². The van der Waals surface area contributed by atoms with E-state index in [4.69, 9.17) is 9.97 Å². The maximum Gasteiger partial charge on any atom is 0.214 e. The SMILES string of the molecule is CC1(C)CC(Nc2nc(-c3ccnc(Nc4nc(F)ccc4F)c3)nc3cncc(C4CCC4)c23)CCN1. The Hall–Kier alpha value is -3.79. The molecule has 0 aromatic carbocycles. The summed E-state index contributed by atoms with van der Waals surface area (Å²) in [6.07, 6.45) is 10.8. The third-order valence-corrected chi connectivity index (χ3v) is 7.45. The molecule has 0 radical (unpaired) electrons. The largest absolute Gasteiger partial charge is 0.367 e. The number of fused-ring (bicyclic) bond motifs is 1. The minimum atomic E-state index is -0.783. The molecule has 1 aliphatic heterocycles. The first kappa shape index (κ1) is 24.5. The van der Waals surface area contributed by atoms with Crippen LogP contribution in [0.3, 0.4) is 0 Å². The third-order valence-electron chi connectivity index (χ3n) is 7.45. The molecule has 1 saturated heterocycles. The molecule has 196 valence electrons. The normalized spacial score (nSPS) is 19.2. The summed E-state index contributed by atoms with van der Waals surface area (Å²) in [5, 5.41) is 11.1. The van der Waals surface area contributed by atoms with Crippen LogP contribution in [0.25, 0.3) is 22.3 Å². The molecule has 1 aliphatic carbocycles. The second-order valence-corrected chi connectivity index (χ2v) is 10.8. The van der Waals surface area contributed by atoms with Crippen LogP contribution in [-0.4, -0.2) is 43.0 Å². The van der Waals surface area contributed by atoms with Crippen LogP contribution in [0.2, 0.25) is 0 Å². The fraction of sp³-hybridized carbons (Fsp3) is 0.393. The van der Waals surface area contributed by atoms with Gasteiger partial charge in [0.15, 0.2) is 17.5 Å². The van der Waals surface area contributed by atoms with Crippen molar-refractivity contribution in [2.75, 3.05) is 17.2 Å². The quantitative estimate of drug-likeness (QED) is 0.280. The van der Waals surface area contributed by atoms with Gasteiger partial charge in [-0.2, -0.15) is 9.37 Å². The van der Waals surface area contributed by atoms with Crippen LogP contribution in [-0.2, 0) is 0 Å². The van der Waals surface area contributed by atoms with Gasteiger partial charge in [0.25, 0.3) is 0 Å². The summed E-state index contributed by atoms with van der Waals surface area (Å²) < 4.78 is 27.7. The Balaban J connectivity index is 1.40. The molecule has 0 spiro atoms. The van der Waals surface area contributed by atoms with Crippen molar-refractivity contribution in [2.24, 2.45) is 0 Å². The maximum atomic E-state index is 14.2. The zero-order valence-electron chi connectivity index (χ0n) is 21.4. The van der Waals surface area contributed by atoms with E-state index in [1.807, 2.05) is 6.20 Å². The Labute approximate surface area is 219 Å². The molecule has 4 aromatic rings. The van der Waals surface area contributed by atoms with E-state index in [2.05, 4.69) is 44.7 Å². The van der Waals surface area contributed by atoms with Crippen molar-refractivity contribution in [1.82, 2.24) is 30.2 Å². The lowest BCUT2D eigenvalue weighted by molar-refractivity contribution is 0.286. The minimum Gasteiger partial charge on any atom is -0.367 e. The van der Waals surface area contributed by atoms with E-state index in [1.54, 1.807) is 24.5 Å². The van der Waals surface area contributed by atoms with Crippen molar-refractivity contribution in [3.63, 3.8) is 0 Å². The number of hydrogen-bond donors (Lipinski definition) is 3. The van der Waals surface area contributed by atoms with Crippen LogP contribution in [0, 0.1) is 11.8 Å². The monoisotopic (exact) mass is 516 g/mol. The van der Waals surface area contributed by atoms with E-state index in [0.717, 1.165) is 61.1 Å². The summed E-state index contributed by atoms with van der Waals surface area (Å²) in [5.74, 6) is 0.385. The molecule has 1 atom stereocenters. The van der Waals surface area contributed by atoms with Gasteiger partial charge >= 0.3 is 0 Å². The van der Waals surface area contributed by atoms with Crippen molar-refractivity contribution in [1.29, 1.82) is 0 Å². The van der Waals surface area contributed by atoms with Crippen LogP contribution in [0.1, 0.15) is 57.4 Å². The van der Waals surface area contributed by atoms with Gasteiger partial charge in [-0.3, -0.25) is 4.98 Å². The standard InChI is InChI=1S/C28H30F2N8/c1-28(2)13-18(9-11-33-28)34-27-24-19(16-4-3-5-16)14-31-15-21(24)35-25(38-27)17-8-10-32-23(12-17)37-26-20(29)6-7-22(30)36-26/h6-8,10,12,14-16,18,33H,3-5,9,11,13H2,1-2H3,(H,32,36,37)(H,34,35,38). The molecule has 10 heteroatoms. The predicted octanol–water partition coefficient (Wildman–Crippen LogP) is 5.71. The van der Waals surface area contributed by atoms with Crippen LogP contribution in [0.4, 0.5) is 26.2 Å². The van der Waals surface area contributed by atoms with Crippen LogP contribution in [0.5, 0.6) is 0 Å². The van der Waals surface area contributed by atoms with Gasteiger partial charge in [-0.15, -0.1) is 0 Å². The zero-order chi connectivity index (χ0) is 26.3. The number of nitrogens with one attached hydrogen (secondary N) is 3. The molecule has 3 N–H and O–H groups in total. The number of piperidine rings is 1. The Kier molecular flexibility index (Phi) is 6.35. The first-order valence-corrected chi connectivity index (χ1v) is 13.1. The van der Waals surface area contributed by atoms with Gasteiger partial charge in [-0.25, -0.2) is 19.3 Å². The van der Waals surface area contributed by atoms with Gasteiger partial charge in [0, 0.05) is 34.9 Å². The van der Waals surface area contributed by atoms with E-state index in [-0.39, 0.29) is 17.4 Å².